The summed E-state index contributed by atoms with van der Waals surface area (Å²) in [6.07, 6.45) is 3.56. The molecule has 2 fully saturated rings. The van der Waals surface area contributed by atoms with Gasteiger partial charge in [0.2, 0.25) is 0 Å². The van der Waals surface area contributed by atoms with Crippen molar-refractivity contribution in [2.75, 3.05) is 32.7 Å². The molecule has 1 amide bonds. The summed E-state index contributed by atoms with van der Waals surface area (Å²) >= 11 is 0. The summed E-state index contributed by atoms with van der Waals surface area (Å²) in [5.74, 6) is 0.607. The van der Waals surface area contributed by atoms with Gasteiger partial charge in [-0.25, -0.2) is 4.79 Å². The van der Waals surface area contributed by atoms with E-state index in [9.17, 15) is 4.79 Å². The molecule has 23 heavy (non-hydrogen) atoms. The van der Waals surface area contributed by atoms with Gasteiger partial charge < -0.3 is 19.9 Å². The smallest absolute Gasteiger partial charge is 0.410 e. The number of hydrogen-bond donors (Lipinski definition) is 1. The van der Waals surface area contributed by atoms with Gasteiger partial charge in [-0.2, -0.15) is 0 Å². The van der Waals surface area contributed by atoms with Crippen LogP contribution in [0.3, 0.4) is 0 Å². The summed E-state index contributed by atoms with van der Waals surface area (Å²) in [7, 11) is 0. The van der Waals surface area contributed by atoms with Crippen molar-refractivity contribution in [1.82, 2.24) is 15.1 Å². The van der Waals surface area contributed by atoms with E-state index in [1.807, 2.05) is 25.7 Å². The van der Waals surface area contributed by atoms with Crippen molar-refractivity contribution in [2.24, 2.45) is 5.92 Å². The number of nitrogens with zero attached hydrogens (tertiary/aromatic N) is 2. The molecule has 2 aliphatic rings. The zero-order chi connectivity index (χ0) is 17.0. The Hall–Kier alpha value is -0.810. The van der Waals surface area contributed by atoms with Crippen LogP contribution in [0.1, 0.15) is 53.9 Å². The minimum Gasteiger partial charge on any atom is -0.444 e. The second kappa shape index (κ2) is 7.84. The molecule has 0 aliphatic carbocycles. The van der Waals surface area contributed by atoms with Gasteiger partial charge in [-0.1, -0.05) is 6.92 Å². The van der Waals surface area contributed by atoms with Gasteiger partial charge in [0.1, 0.15) is 5.60 Å². The Morgan fingerprint density at radius 2 is 2.00 bits per heavy atom. The van der Waals surface area contributed by atoms with Gasteiger partial charge in [-0.05, 0) is 66.0 Å². The molecule has 2 aliphatic heterocycles. The summed E-state index contributed by atoms with van der Waals surface area (Å²) in [5, 5.41) is 3.79. The lowest BCUT2D eigenvalue weighted by molar-refractivity contribution is -0.00361. The Morgan fingerprint density at radius 1 is 1.30 bits per heavy atom. The van der Waals surface area contributed by atoms with Crippen LogP contribution >= 0.6 is 0 Å². The number of likely N-dealkylation sites (tertiary alicyclic amines) is 2. The fraction of sp³-hybridized carbons (Fsp3) is 0.944. The first-order valence-corrected chi connectivity index (χ1v) is 9.23. The fourth-order valence-electron chi connectivity index (χ4n) is 3.64. The molecule has 5 heteroatoms. The number of nitrogens with one attached hydrogen (secondary N) is 1. The minimum atomic E-state index is -0.400. The van der Waals surface area contributed by atoms with Gasteiger partial charge in [-0.15, -0.1) is 0 Å². The van der Waals surface area contributed by atoms with Crippen LogP contribution in [0.15, 0.2) is 0 Å². The lowest BCUT2D eigenvalue weighted by Crippen LogP contribution is -2.54. The third kappa shape index (κ3) is 5.96. The predicted octanol–water partition coefficient (Wildman–Crippen LogP) is 2.71. The van der Waals surface area contributed by atoms with Crippen molar-refractivity contribution < 1.29 is 9.53 Å². The normalized spacial score (nSPS) is 25.1. The van der Waals surface area contributed by atoms with E-state index in [1.54, 1.807) is 0 Å². The number of carbonyl (C=O) groups excluding carboxylic acids is 1. The quantitative estimate of drug-likeness (QED) is 0.844. The fourth-order valence-corrected chi connectivity index (χ4v) is 3.64. The first kappa shape index (κ1) is 18.5. The monoisotopic (exact) mass is 325 g/mol. The molecule has 134 valence electrons. The van der Waals surface area contributed by atoms with E-state index in [-0.39, 0.29) is 6.09 Å². The van der Waals surface area contributed by atoms with Gasteiger partial charge in [0.05, 0.1) is 0 Å². The molecule has 0 aromatic heterocycles. The Bertz CT molecular complexity index is 388. The van der Waals surface area contributed by atoms with Gasteiger partial charge in [-0.3, -0.25) is 0 Å². The largest absolute Gasteiger partial charge is 0.444 e. The molecule has 1 N–H and O–H groups in total. The number of hydrogen-bond acceptors (Lipinski definition) is 4. The highest BCUT2D eigenvalue weighted by molar-refractivity contribution is 5.69. The Balaban J connectivity index is 1.64. The molecular formula is C18H35N3O2. The minimum absolute atomic E-state index is 0.166. The number of carbonyl (C=O) groups is 1. The van der Waals surface area contributed by atoms with Crippen molar-refractivity contribution in [3.05, 3.63) is 0 Å². The van der Waals surface area contributed by atoms with E-state index in [0.717, 1.165) is 26.1 Å². The molecule has 2 unspecified atom stereocenters. The average molecular weight is 325 g/mol. The average Bonchev–Trinajstić information content (AvgIpc) is 2.40. The third-order valence-electron chi connectivity index (χ3n) is 4.77. The van der Waals surface area contributed by atoms with E-state index in [1.165, 1.54) is 25.9 Å². The first-order valence-electron chi connectivity index (χ1n) is 9.23. The van der Waals surface area contributed by atoms with Gasteiger partial charge in [0, 0.05) is 31.7 Å². The maximum atomic E-state index is 11.9. The Labute approximate surface area is 141 Å². The molecule has 2 saturated heterocycles. The summed E-state index contributed by atoms with van der Waals surface area (Å²) in [5.41, 5.74) is -0.400. The van der Waals surface area contributed by atoms with Gasteiger partial charge >= 0.3 is 6.09 Å². The second-order valence-corrected chi connectivity index (χ2v) is 8.29. The molecule has 0 radical (unpaired) electrons. The highest BCUT2D eigenvalue weighted by Gasteiger charge is 2.34. The van der Waals surface area contributed by atoms with Crippen molar-refractivity contribution in [2.45, 2.75) is 71.6 Å². The number of amides is 1. The summed E-state index contributed by atoms with van der Waals surface area (Å²) in [6, 6.07) is 1.14. The standard InChI is InChI=1S/C18H35N3O2/c1-6-20-9-7-8-16(13-20)19-14(2)10-15-11-21(12-15)17(22)23-18(3,4)5/h14-16,19H,6-13H2,1-5H3. The van der Waals surface area contributed by atoms with Crippen molar-refractivity contribution in [3.63, 3.8) is 0 Å². The summed E-state index contributed by atoms with van der Waals surface area (Å²) < 4.78 is 5.41. The van der Waals surface area contributed by atoms with E-state index in [0.29, 0.717) is 18.0 Å². The number of piperidine rings is 1. The third-order valence-corrected chi connectivity index (χ3v) is 4.77. The van der Waals surface area contributed by atoms with Crippen LogP contribution in [0.5, 0.6) is 0 Å². The van der Waals surface area contributed by atoms with E-state index < -0.39 is 5.60 Å². The van der Waals surface area contributed by atoms with Crippen LogP contribution in [0.2, 0.25) is 0 Å². The maximum Gasteiger partial charge on any atom is 0.410 e. The van der Waals surface area contributed by atoms with Crippen molar-refractivity contribution in [1.29, 1.82) is 0 Å². The molecule has 2 heterocycles. The van der Waals surface area contributed by atoms with Crippen LogP contribution in [0.4, 0.5) is 4.79 Å². The molecule has 0 aromatic carbocycles. The lowest BCUT2D eigenvalue weighted by Gasteiger charge is -2.41. The molecule has 0 spiro atoms. The summed E-state index contributed by atoms with van der Waals surface area (Å²) in [4.78, 5) is 16.3. The van der Waals surface area contributed by atoms with Crippen molar-refractivity contribution in [3.8, 4) is 0 Å². The lowest BCUT2D eigenvalue weighted by atomic mass is 9.92. The van der Waals surface area contributed by atoms with E-state index >= 15 is 0 Å². The van der Waals surface area contributed by atoms with Gasteiger partial charge in [0.15, 0.2) is 0 Å². The topological polar surface area (TPSA) is 44.8 Å². The SMILES string of the molecule is CCN1CCCC(NC(C)CC2CN(C(=O)OC(C)(C)C)C2)C1. The van der Waals surface area contributed by atoms with Crippen LogP contribution in [-0.2, 0) is 4.74 Å². The Morgan fingerprint density at radius 3 is 2.61 bits per heavy atom. The van der Waals surface area contributed by atoms with Crippen LogP contribution in [0.25, 0.3) is 0 Å². The molecule has 5 nitrogen and oxygen atoms in total. The zero-order valence-electron chi connectivity index (χ0n) is 15.6. The molecule has 0 aromatic rings. The second-order valence-electron chi connectivity index (χ2n) is 8.29. The van der Waals surface area contributed by atoms with Crippen LogP contribution in [-0.4, -0.2) is 66.3 Å². The van der Waals surface area contributed by atoms with Crippen LogP contribution in [0, 0.1) is 5.92 Å². The molecular weight excluding hydrogens is 290 g/mol. The number of likely N-dealkylation sites (N-methyl/N-ethyl adjacent to an activating group) is 1. The highest BCUT2D eigenvalue weighted by atomic mass is 16.6. The molecule has 2 atom stereocenters. The first-order chi connectivity index (χ1) is 10.8. The predicted molar refractivity (Wildman–Crippen MR) is 93.6 cm³/mol. The van der Waals surface area contributed by atoms with Gasteiger partial charge in [0.25, 0.3) is 0 Å². The van der Waals surface area contributed by atoms with Crippen LogP contribution < -0.4 is 5.32 Å². The zero-order valence-corrected chi connectivity index (χ0v) is 15.6. The van der Waals surface area contributed by atoms with E-state index in [4.69, 9.17) is 4.74 Å². The summed E-state index contributed by atoms with van der Waals surface area (Å²) in [6.45, 7) is 15.5. The highest BCUT2D eigenvalue weighted by Crippen LogP contribution is 2.23. The molecule has 2 rings (SSSR count). The molecule has 0 bridgehead atoms. The van der Waals surface area contributed by atoms with Crippen molar-refractivity contribution >= 4 is 6.09 Å². The number of ether oxygens (including phenoxy) is 1. The number of rotatable bonds is 5. The van der Waals surface area contributed by atoms with E-state index in [2.05, 4.69) is 24.1 Å². The Kier molecular flexibility index (Phi) is 6.32. The maximum absolute atomic E-state index is 11.9. The molecule has 0 saturated carbocycles.